The zero-order chi connectivity index (χ0) is 23.6. The van der Waals surface area contributed by atoms with Crippen molar-refractivity contribution in [3.05, 3.63) is 40.3 Å². The number of para-hydroxylation sites is 2. The van der Waals surface area contributed by atoms with Crippen LogP contribution in [0, 0.1) is 0 Å². The van der Waals surface area contributed by atoms with Crippen LogP contribution in [0.1, 0.15) is 54.5 Å². The fourth-order valence-electron chi connectivity index (χ4n) is 3.94. The van der Waals surface area contributed by atoms with Gasteiger partial charge in [0.15, 0.2) is 0 Å². The van der Waals surface area contributed by atoms with Gasteiger partial charge in [-0.1, -0.05) is 26.0 Å². The van der Waals surface area contributed by atoms with Crippen LogP contribution in [0.15, 0.2) is 29.6 Å². The molecule has 1 saturated heterocycles. The lowest BCUT2D eigenvalue weighted by Gasteiger charge is -2.30. The smallest absolute Gasteiger partial charge is 0.275 e. The van der Waals surface area contributed by atoms with Crippen LogP contribution in [-0.2, 0) is 4.74 Å². The van der Waals surface area contributed by atoms with Crippen molar-refractivity contribution in [2.75, 3.05) is 62.9 Å². The Balaban J connectivity index is 1.58. The Morgan fingerprint density at radius 3 is 2.73 bits per heavy atom. The predicted octanol–water partition coefficient (Wildman–Crippen LogP) is 5.19. The van der Waals surface area contributed by atoms with Crippen LogP contribution in [0.2, 0.25) is 0 Å². The third-order valence-corrected chi connectivity index (χ3v) is 8.33. The van der Waals surface area contributed by atoms with Gasteiger partial charge in [-0.25, -0.2) is 4.98 Å². The van der Waals surface area contributed by atoms with Crippen LogP contribution >= 0.6 is 23.1 Å². The first-order valence-corrected chi connectivity index (χ1v) is 14.1. The van der Waals surface area contributed by atoms with Crippen molar-refractivity contribution in [2.45, 2.75) is 44.3 Å². The number of carbonyl (C=O) groups is 1. The molecule has 1 aliphatic heterocycles. The number of benzene rings is 1. The molecule has 1 aromatic heterocycles. The van der Waals surface area contributed by atoms with Gasteiger partial charge in [0.1, 0.15) is 5.69 Å². The molecule has 1 fully saturated rings. The molecule has 33 heavy (non-hydrogen) atoms. The second-order valence-corrected chi connectivity index (χ2v) is 10.8. The van der Waals surface area contributed by atoms with E-state index in [1.165, 1.54) is 6.42 Å². The van der Waals surface area contributed by atoms with Crippen LogP contribution < -0.4 is 10.2 Å². The molecule has 6 nitrogen and oxygen atoms in total. The van der Waals surface area contributed by atoms with E-state index in [4.69, 9.17) is 9.72 Å². The molecular formula is C25H38N4O2S2. The summed E-state index contributed by atoms with van der Waals surface area (Å²) in [5.41, 5.74) is 2.37. The summed E-state index contributed by atoms with van der Waals surface area (Å²) in [4.78, 5) is 22.4. The Kier molecular flexibility index (Phi) is 10.5. The highest BCUT2D eigenvalue weighted by Crippen LogP contribution is 2.29. The van der Waals surface area contributed by atoms with E-state index in [2.05, 4.69) is 48.3 Å². The fourth-order valence-corrected chi connectivity index (χ4v) is 5.30. The maximum atomic E-state index is 13.0. The highest BCUT2D eigenvalue weighted by molar-refractivity contribution is 7.99. The van der Waals surface area contributed by atoms with E-state index in [9.17, 15) is 4.79 Å². The molecule has 3 rings (SSSR count). The Morgan fingerprint density at radius 1 is 1.27 bits per heavy atom. The molecular weight excluding hydrogens is 452 g/mol. The summed E-state index contributed by atoms with van der Waals surface area (Å²) in [5, 5.41) is 6.75. The lowest BCUT2D eigenvalue weighted by atomic mass is 10.0. The van der Waals surface area contributed by atoms with E-state index in [1.54, 1.807) is 11.3 Å². The van der Waals surface area contributed by atoms with Gasteiger partial charge >= 0.3 is 0 Å². The van der Waals surface area contributed by atoms with Crippen molar-refractivity contribution in [3.63, 3.8) is 0 Å². The van der Waals surface area contributed by atoms with Crippen LogP contribution in [-0.4, -0.2) is 73.7 Å². The van der Waals surface area contributed by atoms with E-state index in [0.29, 0.717) is 30.1 Å². The molecule has 0 spiro atoms. The van der Waals surface area contributed by atoms with Crippen LogP contribution in [0.3, 0.4) is 0 Å². The topological polar surface area (TPSA) is 57.7 Å². The van der Waals surface area contributed by atoms with Crippen molar-refractivity contribution in [3.8, 4) is 0 Å². The summed E-state index contributed by atoms with van der Waals surface area (Å²) in [6.45, 7) is 9.74. The molecule has 0 bridgehead atoms. The third-order valence-electron chi connectivity index (χ3n) is 6.28. The Bertz CT molecular complexity index is 870. The van der Waals surface area contributed by atoms with Gasteiger partial charge in [0, 0.05) is 29.6 Å². The quantitative estimate of drug-likeness (QED) is 0.442. The Labute approximate surface area is 207 Å². The van der Waals surface area contributed by atoms with Gasteiger partial charge in [-0.15, -0.1) is 11.3 Å². The van der Waals surface area contributed by atoms with Crippen molar-refractivity contribution < 1.29 is 9.53 Å². The maximum absolute atomic E-state index is 13.0. The average Bonchev–Trinajstić information content (AvgIpc) is 3.34. The van der Waals surface area contributed by atoms with Gasteiger partial charge in [0.2, 0.25) is 0 Å². The number of morpholine rings is 1. The number of rotatable bonds is 12. The lowest BCUT2D eigenvalue weighted by molar-refractivity contribution is 0.102. The van der Waals surface area contributed by atoms with Gasteiger partial charge in [0.05, 0.1) is 29.6 Å². The zero-order valence-corrected chi connectivity index (χ0v) is 22.0. The van der Waals surface area contributed by atoms with Crippen LogP contribution in [0.25, 0.3) is 0 Å². The third kappa shape index (κ3) is 7.70. The number of carbonyl (C=O) groups excluding carboxylic acids is 1. The summed E-state index contributed by atoms with van der Waals surface area (Å²) in [6.07, 6.45) is 5.48. The first-order chi connectivity index (χ1) is 16.0. The number of nitrogens with one attached hydrogen (secondary N) is 1. The maximum Gasteiger partial charge on any atom is 0.275 e. The Morgan fingerprint density at radius 2 is 2.00 bits per heavy atom. The van der Waals surface area contributed by atoms with Crippen molar-refractivity contribution >= 4 is 40.4 Å². The molecule has 1 amide bonds. The van der Waals surface area contributed by atoms with E-state index in [0.717, 1.165) is 55.4 Å². The molecule has 0 aliphatic carbocycles. The molecule has 1 aliphatic rings. The first-order valence-electron chi connectivity index (χ1n) is 11.9. The Hall–Kier alpha value is -1.61. The standard InChI is InChI=1S/C25H38N4O2S2/c1-5-20(11-13-28(3)12-10-19(2)32-4)25-27-22(18-33-25)24(30)26-21-8-6-7-9-23(21)29-14-16-31-17-15-29/h6-9,18-20H,5,10-17H2,1-4H3,(H,26,30). The lowest BCUT2D eigenvalue weighted by Crippen LogP contribution is -2.36. The largest absolute Gasteiger partial charge is 0.378 e. The number of thiazole rings is 1. The normalized spacial score (nSPS) is 16.1. The number of anilines is 2. The summed E-state index contributed by atoms with van der Waals surface area (Å²) in [7, 11) is 2.20. The van der Waals surface area contributed by atoms with E-state index >= 15 is 0 Å². The summed E-state index contributed by atoms with van der Waals surface area (Å²) in [5.74, 6) is 0.244. The number of aromatic nitrogens is 1. The van der Waals surface area contributed by atoms with Crippen LogP contribution in [0.5, 0.6) is 0 Å². The molecule has 8 heteroatoms. The van der Waals surface area contributed by atoms with E-state index in [1.807, 2.05) is 35.3 Å². The monoisotopic (exact) mass is 490 g/mol. The minimum Gasteiger partial charge on any atom is -0.378 e. The molecule has 2 atom stereocenters. The molecule has 2 heterocycles. The zero-order valence-electron chi connectivity index (χ0n) is 20.4. The van der Waals surface area contributed by atoms with Crippen molar-refractivity contribution in [1.29, 1.82) is 0 Å². The molecule has 182 valence electrons. The second-order valence-electron chi connectivity index (χ2n) is 8.67. The van der Waals surface area contributed by atoms with Gasteiger partial charge in [0.25, 0.3) is 5.91 Å². The molecule has 0 radical (unpaired) electrons. The molecule has 1 N–H and O–H groups in total. The number of amides is 1. The summed E-state index contributed by atoms with van der Waals surface area (Å²) >= 11 is 3.53. The second kappa shape index (κ2) is 13.3. The first kappa shape index (κ1) is 26.0. The predicted molar refractivity (Wildman–Crippen MR) is 142 cm³/mol. The summed E-state index contributed by atoms with van der Waals surface area (Å²) in [6, 6.07) is 7.97. The number of ether oxygens (including phenoxy) is 1. The van der Waals surface area contributed by atoms with E-state index < -0.39 is 0 Å². The molecule has 2 unspecified atom stereocenters. The minimum atomic E-state index is -0.142. The van der Waals surface area contributed by atoms with Gasteiger partial charge < -0.3 is 19.9 Å². The highest BCUT2D eigenvalue weighted by atomic mass is 32.2. The number of nitrogens with zero attached hydrogens (tertiary/aromatic N) is 3. The van der Waals surface area contributed by atoms with Crippen molar-refractivity contribution in [1.82, 2.24) is 9.88 Å². The SMILES string of the molecule is CCC(CCN(C)CCC(C)SC)c1nc(C(=O)Nc2ccccc2N2CCOCC2)cs1. The number of hydrogen-bond acceptors (Lipinski definition) is 7. The summed E-state index contributed by atoms with van der Waals surface area (Å²) < 4.78 is 5.47. The molecule has 1 aromatic carbocycles. The fraction of sp³-hybridized carbons (Fsp3) is 0.600. The highest BCUT2D eigenvalue weighted by Gasteiger charge is 2.20. The number of hydrogen-bond donors (Lipinski definition) is 1. The van der Waals surface area contributed by atoms with Crippen LogP contribution in [0.4, 0.5) is 11.4 Å². The van der Waals surface area contributed by atoms with E-state index in [-0.39, 0.29) is 5.91 Å². The number of thioether (sulfide) groups is 1. The van der Waals surface area contributed by atoms with Gasteiger partial charge in [-0.05, 0) is 57.8 Å². The average molecular weight is 491 g/mol. The van der Waals surface area contributed by atoms with Gasteiger partial charge in [-0.2, -0.15) is 11.8 Å². The minimum absolute atomic E-state index is 0.142. The molecule has 2 aromatic rings. The molecule has 0 saturated carbocycles. The van der Waals surface area contributed by atoms with Gasteiger partial charge in [-0.3, -0.25) is 4.79 Å². The van der Waals surface area contributed by atoms with Crippen molar-refractivity contribution in [2.24, 2.45) is 0 Å².